The largest absolute Gasteiger partial charge is 0.440 e. The summed E-state index contributed by atoms with van der Waals surface area (Å²) in [6.07, 6.45) is 1.06. The number of benzene rings is 2. The number of nitrogens with one attached hydrogen (secondary N) is 2. The molecular weight excluding hydrogens is 370 g/mol. The van der Waals surface area contributed by atoms with Gasteiger partial charge in [-0.2, -0.15) is 0 Å². The van der Waals surface area contributed by atoms with Crippen molar-refractivity contribution in [2.75, 3.05) is 5.32 Å². The highest BCUT2D eigenvalue weighted by molar-refractivity contribution is 7.80. The van der Waals surface area contributed by atoms with Gasteiger partial charge in [0.2, 0.25) is 5.91 Å². The minimum absolute atomic E-state index is 0.0781. The molecule has 0 bridgehead atoms. The summed E-state index contributed by atoms with van der Waals surface area (Å²) >= 11 is 5.19. The van der Waals surface area contributed by atoms with Gasteiger partial charge in [0.1, 0.15) is 5.52 Å². The molecule has 5 nitrogen and oxygen atoms in total. The van der Waals surface area contributed by atoms with Crippen LogP contribution in [0.5, 0.6) is 0 Å². The molecule has 0 saturated heterocycles. The minimum atomic E-state index is -0.0781. The number of carbonyl (C=O) groups is 1. The zero-order valence-corrected chi connectivity index (χ0v) is 17.4. The summed E-state index contributed by atoms with van der Waals surface area (Å²) in [5.41, 5.74) is 5.93. The van der Waals surface area contributed by atoms with E-state index in [1.165, 1.54) is 5.56 Å². The number of hydrogen-bond acceptors (Lipinski definition) is 4. The van der Waals surface area contributed by atoms with Gasteiger partial charge in [0.15, 0.2) is 16.6 Å². The molecule has 0 aliphatic heterocycles. The zero-order valence-electron chi connectivity index (χ0n) is 16.6. The Kier molecular flexibility index (Phi) is 6.09. The number of aryl methyl sites for hydroxylation is 2. The molecule has 0 saturated carbocycles. The van der Waals surface area contributed by atoms with Crippen molar-refractivity contribution in [1.82, 2.24) is 10.3 Å². The Morgan fingerprint density at radius 3 is 2.57 bits per heavy atom. The Bertz CT molecular complexity index is 1010. The Hall–Kier alpha value is -2.73. The number of thiocarbonyl (C=S) groups is 1. The molecule has 1 amide bonds. The maximum Gasteiger partial charge on any atom is 0.226 e. The van der Waals surface area contributed by atoms with Crippen molar-refractivity contribution in [3.8, 4) is 0 Å². The number of hydrogen-bond donors (Lipinski definition) is 2. The van der Waals surface area contributed by atoms with Crippen LogP contribution in [0.2, 0.25) is 0 Å². The van der Waals surface area contributed by atoms with Crippen LogP contribution >= 0.6 is 12.2 Å². The molecule has 0 spiro atoms. The van der Waals surface area contributed by atoms with Gasteiger partial charge >= 0.3 is 0 Å². The van der Waals surface area contributed by atoms with Crippen LogP contribution in [0.25, 0.3) is 11.1 Å². The fraction of sp³-hybridized carbons (Fsp3) is 0.318. The molecule has 3 aromatic rings. The van der Waals surface area contributed by atoms with E-state index < -0.39 is 0 Å². The van der Waals surface area contributed by atoms with E-state index in [2.05, 4.69) is 28.6 Å². The van der Waals surface area contributed by atoms with Gasteiger partial charge < -0.3 is 15.1 Å². The highest BCUT2D eigenvalue weighted by atomic mass is 32.1. The van der Waals surface area contributed by atoms with Crippen molar-refractivity contribution in [3.05, 3.63) is 59.0 Å². The molecule has 0 aliphatic carbocycles. The number of anilines is 1. The highest BCUT2D eigenvalue weighted by Gasteiger charge is 2.10. The van der Waals surface area contributed by atoms with E-state index in [-0.39, 0.29) is 5.91 Å². The average Bonchev–Trinajstić information content (AvgIpc) is 2.98. The lowest BCUT2D eigenvalue weighted by Crippen LogP contribution is -2.34. The smallest absolute Gasteiger partial charge is 0.226 e. The zero-order chi connectivity index (χ0) is 20.3. The first kappa shape index (κ1) is 20.0. The summed E-state index contributed by atoms with van der Waals surface area (Å²) in [6, 6.07) is 12.0. The lowest BCUT2D eigenvalue weighted by molar-refractivity contribution is -0.120. The fourth-order valence-electron chi connectivity index (χ4n) is 3.09. The van der Waals surface area contributed by atoms with Gasteiger partial charge in [-0.05, 0) is 66.9 Å². The van der Waals surface area contributed by atoms with Crippen molar-refractivity contribution in [2.24, 2.45) is 5.92 Å². The number of nitrogens with zero attached hydrogens (tertiary/aromatic N) is 1. The maximum atomic E-state index is 11.8. The minimum Gasteiger partial charge on any atom is -0.440 e. The van der Waals surface area contributed by atoms with Crippen LogP contribution in [0.15, 0.2) is 40.8 Å². The van der Waals surface area contributed by atoms with Crippen LogP contribution < -0.4 is 10.6 Å². The molecule has 2 N–H and O–H groups in total. The second-order valence-corrected chi connectivity index (χ2v) is 7.92. The summed E-state index contributed by atoms with van der Waals surface area (Å²) in [5.74, 6) is 0.910. The normalized spacial score (nSPS) is 11.0. The van der Waals surface area contributed by atoms with Gasteiger partial charge in [-0.25, -0.2) is 4.98 Å². The molecule has 1 aromatic heterocycles. The average molecular weight is 396 g/mol. The molecule has 0 aliphatic rings. The van der Waals surface area contributed by atoms with Gasteiger partial charge in [0.05, 0.1) is 0 Å². The SMILES string of the molecule is Cc1cc(C)c2oc(Cc3ccc(NC(=S)NC(=O)CC(C)C)cc3)nc2c1. The van der Waals surface area contributed by atoms with Gasteiger partial charge in [-0.1, -0.05) is 32.0 Å². The molecule has 6 heteroatoms. The van der Waals surface area contributed by atoms with Crippen LogP contribution in [0.4, 0.5) is 5.69 Å². The molecule has 28 heavy (non-hydrogen) atoms. The molecule has 1 heterocycles. The second kappa shape index (κ2) is 8.52. The van der Waals surface area contributed by atoms with E-state index in [1.54, 1.807) is 0 Å². The third-order valence-electron chi connectivity index (χ3n) is 4.28. The van der Waals surface area contributed by atoms with Crippen molar-refractivity contribution in [3.63, 3.8) is 0 Å². The van der Waals surface area contributed by atoms with E-state index in [4.69, 9.17) is 16.6 Å². The molecule has 0 atom stereocenters. The summed E-state index contributed by atoms with van der Waals surface area (Å²) in [5, 5.41) is 6.04. The molecule has 0 unspecified atom stereocenters. The quantitative estimate of drug-likeness (QED) is 0.602. The van der Waals surface area contributed by atoms with Gasteiger partial charge in [0, 0.05) is 18.5 Å². The summed E-state index contributed by atoms with van der Waals surface area (Å²) in [6.45, 7) is 8.08. The van der Waals surface area contributed by atoms with Gasteiger partial charge in [0.25, 0.3) is 0 Å². The number of amides is 1. The van der Waals surface area contributed by atoms with Gasteiger partial charge in [-0.3, -0.25) is 4.79 Å². The predicted molar refractivity (Wildman–Crippen MR) is 117 cm³/mol. The van der Waals surface area contributed by atoms with Crippen molar-refractivity contribution < 1.29 is 9.21 Å². The third-order valence-corrected chi connectivity index (χ3v) is 4.48. The van der Waals surface area contributed by atoms with E-state index in [0.717, 1.165) is 27.9 Å². The van der Waals surface area contributed by atoms with Crippen molar-refractivity contribution in [2.45, 2.75) is 40.5 Å². The van der Waals surface area contributed by atoms with Crippen LogP contribution in [-0.4, -0.2) is 16.0 Å². The molecule has 0 fully saturated rings. The van der Waals surface area contributed by atoms with Crippen LogP contribution in [-0.2, 0) is 11.2 Å². The third kappa shape index (κ3) is 5.16. The summed E-state index contributed by atoms with van der Waals surface area (Å²) in [4.78, 5) is 16.4. The van der Waals surface area contributed by atoms with E-state index in [9.17, 15) is 4.79 Å². The topological polar surface area (TPSA) is 67.2 Å². The highest BCUT2D eigenvalue weighted by Crippen LogP contribution is 2.23. The van der Waals surface area contributed by atoms with Gasteiger partial charge in [-0.15, -0.1) is 0 Å². The molecular formula is C22H25N3O2S. The lowest BCUT2D eigenvalue weighted by atomic mass is 10.1. The first-order chi connectivity index (χ1) is 13.3. The Morgan fingerprint density at radius 2 is 1.89 bits per heavy atom. The molecule has 0 radical (unpaired) electrons. The molecule has 3 rings (SSSR count). The van der Waals surface area contributed by atoms with Crippen LogP contribution in [0.3, 0.4) is 0 Å². The lowest BCUT2D eigenvalue weighted by Gasteiger charge is -2.11. The standard InChI is InChI=1S/C22H25N3O2S/c1-13(2)9-19(26)25-22(28)23-17-7-5-16(6-8-17)12-20-24-18-11-14(3)10-15(4)21(18)27-20/h5-8,10-11,13H,9,12H2,1-4H3,(H2,23,25,26,28). The van der Waals surface area contributed by atoms with Crippen LogP contribution in [0, 0.1) is 19.8 Å². The Labute approximate surface area is 170 Å². The van der Waals surface area contributed by atoms with E-state index in [0.29, 0.717) is 29.8 Å². The number of carbonyl (C=O) groups excluding carboxylic acids is 1. The number of fused-ring (bicyclic) bond motifs is 1. The van der Waals surface area contributed by atoms with Crippen LogP contribution in [0.1, 0.15) is 42.8 Å². The first-order valence-corrected chi connectivity index (χ1v) is 9.77. The first-order valence-electron chi connectivity index (χ1n) is 9.36. The predicted octanol–water partition coefficient (Wildman–Crippen LogP) is 4.89. The van der Waals surface area contributed by atoms with E-state index in [1.807, 2.05) is 51.1 Å². The maximum absolute atomic E-state index is 11.8. The number of aromatic nitrogens is 1. The van der Waals surface area contributed by atoms with Crippen molar-refractivity contribution in [1.29, 1.82) is 0 Å². The summed E-state index contributed by atoms with van der Waals surface area (Å²) in [7, 11) is 0. The van der Waals surface area contributed by atoms with E-state index >= 15 is 0 Å². The molecule has 2 aromatic carbocycles. The Morgan fingerprint density at radius 1 is 1.18 bits per heavy atom. The van der Waals surface area contributed by atoms with Crippen molar-refractivity contribution >= 4 is 40.0 Å². The fourth-order valence-corrected chi connectivity index (χ4v) is 3.32. The number of rotatable bonds is 5. The number of oxazole rings is 1. The Balaban J connectivity index is 1.62. The summed E-state index contributed by atoms with van der Waals surface area (Å²) < 4.78 is 5.93. The monoisotopic (exact) mass is 395 g/mol. The molecule has 146 valence electrons. The second-order valence-electron chi connectivity index (χ2n) is 7.51.